The molecule has 3 aromatic rings. The van der Waals surface area contributed by atoms with Crippen LogP contribution in [0, 0.1) is 19.8 Å². The largest absolute Gasteiger partial charge is 0.368 e. The molecule has 4 heterocycles. The first-order chi connectivity index (χ1) is 17.0. The highest BCUT2D eigenvalue weighted by molar-refractivity contribution is 5.94. The zero-order valence-corrected chi connectivity index (χ0v) is 20.4. The van der Waals surface area contributed by atoms with Crippen molar-refractivity contribution in [2.45, 2.75) is 26.7 Å². The topological polar surface area (TPSA) is 85.4 Å². The normalized spacial score (nSPS) is 18.6. The van der Waals surface area contributed by atoms with Crippen LogP contribution in [-0.4, -0.2) is 76.1 Å². The molecule has 0 radical (unpaired) electrons. The SMILES string of the molecule is Cc1ccc(C)c(N2CCN(C(=O)[C@@H]3CCCN(C(=O)c4cc(-c5ccccn5)n[nH]4)C3)CC2)c1. The Balaban J connectivity index is 1.19. The number of piperazine rings is 1. The van der Waals surface area contributed by atoms with Crippen LogP contribution in [0.5, 0.6) is 0 Å². The molecule has 8 heteroatoms. The number of H-pyrrole nitrogens is 1. The third kappa shape index (κ3) is 4.92. The van der Waals surface area contributed by atoms with Gasteiger partial charge in [0.2, 0.25) is 5.91 Å². The Morgan fingerprint density at radius 3 is 2.54 bits per heavy atom. The van der Waals surface area contributed by atoms with Crippen molar-refractivity contribution in [3.8, 4) is 11.4 Å². The first-order valence-corrected chi connectivity index (χ1v) is 12.4. The number of aryl methyl sites for hydroxylation is 2. The molecule has 1 atom stereocenters. The molecule has 0 aliphatic carbocycles. The van der Waals surface area contributed by atoms with Crippen LogP contribution in [0.25, 0.3) is 11.4 Å². The van der Waals surface area contributed by atoms with E-state index in [0.29, 0.717) is 37.6 Å². The first-order valence-electron chi connectivity index (χ1n) is 12.4. The van der Waals surface area contributed by atoms with Crippen molar-refractivity contribution in [2.24, 2.45) is 5.92 Å². The molecule has 182 valence electrons. The molecule has 2 fully saturated rings. The van der Waals surface area contributed by atoms with E-state index in [1.54, 1.807) is 17.2 Å². The fourth-order valence-electron chi connectivity index (χ4n) is 5.10. The predicted octanol–water partition coefficient (Wildman–Crippen LogP) is 3.29. The number of aromatic nitrogens is 3. The Labute approximate surface area is 205 Å². The van der Waals surface area contributed by atoms with Gasteiger partial charge >= 0.3 is 0 Å². The van der Waals surface area contributed by atoms with E-state index in [1.807, 2.05) is 23.1 Å². The molecule has 2 aliphatic heterocycles. The molecule has 5 rings (SSSR count). The number of benzene rings is 1. The van der Waals surface area contributed by atoms with Gasteiger partial charge in [-0.05, 0) is 62.1 Å². The van der Waals surface area contributed by atoms with Gasteiger partial charge in [-0.1, -0.05) is 18.2 Å². The Morgan fingerprint density at radius 2 is 1.77 bits per heavy atom. The molecule has 0 unspecified atom stereocenters. The van der Waals surface area contributed by atoms with E-state index in [9.17, 15) is 9.59 Å². The van der Waals surface area contributed by atoms with Gasteiger partial charge in [0.25, 0.3) is 5.91 Å². The number of pyridine rings is 1. The highest BCUT2D eigenvalue weighted by Gasteiger charge is 2.33. The lowest BCUT2D eigenvalue weighted by atomic mass is 9.95. The van der Waals surface area contributed by atoms with Gasteiger partial charge in [-0.15, -0.1) is 0 Å². The fraction of sp³-hybridized carbons (Fsp3) is 0.407. The molecule has 1 N–H and O–H groups in total. The second kappa shape index (κ2) is 9.90. The first kappa shape index (κ1) is 23.1. The molecule has 0 saturated carbocycles. The standard InChI is InChI=1S/C27H32N6O2/c1-19-8-9-20(2)25(16-19)31-12-14-32(15-13-31)26(34)21-6-5-11-33(18-21)27(35)24-17-23(29-30-24)22-7-3-4-10-28-22/h3-4,7-10,16-17,21H,5-6,11-15,18H2,1-2H3,(H,29,30)/t21-/m1/s1. The van der Waals surface area contributed by atoms with E-state index in [4.69, 9.17) is 0 Å². The molecule has 1 aromatic carbocycles. The maximum Gasteiger partial charge on any atom is 0.271 e. The van der Waals surface area contributed by atoms with E-state index in [0.717, 1.165) is 31.6 Å². The smallest absolute Gasteiger partial charge is 0.271 e. The minimum Gasteiger partial charge on any atom is -0.368 e. The second-order valence-corrected chi connectivity index (χ2v) is 9.57. The monoisotopic (exact) mass is 472 g/mol. The van der Waals surface area contributed by atoms with E-state index in [2.05, 4.69) is 52.1 Å². The van der Waals surface area contributed by atoms with Crippen LogP contribution in [0.1, 0.15) is 34.5 Å². The summed E-state index contributed by atoms with van der Waals surface area (Å²) in [5.74, 6) is -0.100. The zero-order chi connectivity index (χ0) is 24.4. The number of aromatic amines is 1. The molecule has 2 saturated heterocycles. The lowest BCUT2D eigenvalue weighted by molar-refractivity contribution is -0.137. The molecule has 2 amide bonds. The number of amides is 2. The van der Waals surface area contributed by atoms with Gasteiger partial charge in [-0.3, -0.25) is 19.7 Å². The van der Waals surface area contributed by atoms with Crippen molar-refractivity contribution in [1.82, 2.24) is 25.0 Å². The lowest BCUT2D eigenvalue weighted by Gasteiger charge is -2.40. The van der Waals surface area contributed by atoms with Crippen LogP contribution in [0.15, 0.2) is 48.7 Å². The summed E-state index contributed by atoms with van der Waals surface area (Å²) in [5.41, 5.74) is 5.56. The van der Waals surface area contributed by atoms with Crippen LogP contribution in [0.4, 0.5) is 5.69 Å². The Kier molecular flexibility index (Phi) is 6.53. The van der Waals surface area contributed by atoms with E-state index in [1.165, 1.54) is 16.8 Å². The number of anilines is 1. The summed E-state index contributed by atoms with van der Waals surface area (Å²) < 4.78 is 0. The minimum atomic E-state index is -0.155. The Morgan fingerprint density at radius 1 is 0.943 bits per heavy atom. The molecule has 0 spiro atoms. The van der Waals surface area contributed by atoms with E-state index < -0.39 is 0 Å². The predicted molar refractivity (Wildman–Crippen MR) is 135 cm³/mol. The molecule has 0 bridgehead atoms. The summed E-state index contributed by atoms with van der Waals surface area (Å²) in [6.07, 6.45) is 3.35. The maximum absolute atomic E-state index is 13.4. The van der Waals surface area contributed by atoms with Gasteiger partial charge in [0.1, 0.15) is 11.4 Å². The number of nitrogens with zero attached hydrogens (tertiary/aromatic N) is 5. The molecule has 2 aromatic heterocycles. The lowest BCUT2D eigenvalue weighted by Crippen LogP contribution is -2.53. The highest BCUT2D eigenvalue weighted by atomic mass is 16.2. The molecule has 8 nitrogen and oxygen atoms in total. The van der Waals surface area contributed by atoms with Crippen molar-refractivity contribution in [3.05, 3.63) is 65.5 Å². The quantitative estimate of drug-likeness (QED) is 0.630. The number of nitrogens with one attached hydrogen (secondary N) is 1. The van der Waals surface area contributed by atoms with Crippen molar-refractivity contribution in [3.63, 3.8) is 0 Å². The minimum absolute atomic E-state index is 0.114. The highest BCUT2D eigenvalue weighted by Crippen LogP contribution is 2.25. The summed E-state index contributed by atoms with van der Waals surface area (Å²) in [6, 6.07) is 13.9. The number of carbonyl (C=O) groups is 2. The van der Waals surface area contributed by atoms with E-state index >= 15 is 0 Å². The Hall–Kier alpha value is -3.68. The third-order valence-electron chi connectivity index (χ3n) is 7.09. The third-order valence-corrected chi connectivity index (χ3v) is 7.09. The number of piperidine rings is 1. The van der Waals surface area contributed by atoms with Crippen molar-refractivity contribution >= 4 is 17.5 Å². The fourth-order valence-corrected chi connectivity index (χ4v) is 5.10. The number of rotatable bonds is 4. The van der Waals surface area contributed by atoms with E-state index in [-0.39, 0.29) is 17.7 Å². The van der Waals surface area contributed by atoms with Crippen molar-refractivity contribution < 1.29 is 9.59 Å². The zero-order valence-electron chi connectivity index (χ0n) is 20.4. The van der Waals surface area contributed by atoms with Crippen LogP contribution in [0.3, 0.4) is 0 Å². The molecule has 35 heavy (non-hydrogen) atoms. The number of likely N-dealkylation sites (tertiary alicyclic amines) is 1. The average molecular weight is 473 g/mol. The van der Waals surface area contributed by atoms with Gasteiger partial charge in [-0.25, -0.2) is 0 Å². The van der Waals surface area contributed by atoms with Gasteiger partial charge in [-0.2, -0.15) is 5.10 Å². The van der Waals surface area contributed by atoms with Crippen LogP contribution >= 0.6 is 0 Å². The average Bonchev–Trinajstić information content (AvgIpc) is 3.40. The Bertz CT molecular complexity index is 1200. The number of hydrogen-bond donors (Lipinski definition) is 1. The van der Waals surface area contributed by atoms with Crippen LogP contribution in [-0.2, 0) is 4.79 Å². The number of carbonyl (C=O) groups excluding carboxylic acids is 2. The summed E-state index contributed by atoms with van der Waals surface area (Å²) in [4.78, 5) is 36.9. The van der Waals surface area contributed by atoms with Gasteiger partial charge in [0, 0.05) is 51.2 Å². The molecule has 2 aliphatic rings. The molecular weight excluding hydrogens is 440 g/mol. The summed E-state index contributed by atoms with van der Waals surface area (Å²) in [5, 5.41) is 7.11. The van der Waals surface area contributed by atoms with Gasteiger partial charge in [0.15, 0.2) is 0 Å². The number of hydrogen-bond acceptors (Lipinski definition) is 5. The summed E-state index contributed by atoms with van der Waals surface area (Å²) >= 11 is 0. The van der Waals surface area contributed by atoms with Crippen LogP contribution < -0.4 is 4.90 Å². The van der Waals surface area contributed by atoms with Crippen molar-refractivity contribution in [2.75, 3.05) is 44.2 Å². The molecular formula is C27H32N6O2. The van der Waals surface area contributed by atoms with Gasteiger partial charge < -0.3 is 14.7 Å². The van der Waals surface area contributed by atoms with Crippen LogP contribution in [0.2, 0.25) is 0 Å². The summed E-state index contributed by atoms with van der Waals surface area (Å²) in [7, 11) is 0. The van der Waals surface area contributed by atoms with Gasteiger partial charge in [0.05, 0.1) is 11.6 Å². The van der Waals surface area contributed by atoms with Crippen molar-refractivity contribution in [1.29, 1.82) is 0 Å². The maximum atomic E-state index is 13.4. The second-order valence-electron chi connectivity index (χ2n) is 9.57. The summed E-state index contributed by atoms with van der Waals surface area (Å²) in [6.45, 7) is 8.44.